The Labute approximate surface area is 109 Å². The van der Waals surface area contributed by atoms with Gasteiger partial charge in [0.15, 0.2) is 0 Å². The Bertz CT molecular complexity index is 224. The molecule has 104 valence electrons. The highest BCUT2D eigenvalue weighted by Crippen LogP contribution is 2.16. The first-order valence-electron chi connectivity index (χ1n) is 6.56. The second-order valence-electron chi connectivity index (χ2n) is 4.38. The van der Waals surface area contributed by atoms with Crippen LogP contribution in [-0.2, 0) is 0 Å². The quantitative estimate of drug-likeness (QED) is 0.756. The van der Waals surface area contributed by atoms with Gasteiger partial charge in [-0.25, -0.2) is 0 Å². The van der Waals surface area contributed by atoms with Crippen LogP contribution in [0.15, 0.2) is 16.7 Å². The van der Waals surface area contributed by atoms with Crippen molar-refractivity contribution in [2.45, 2.75) is 61.3 Å². The van der Waals surface area contributed by atoms with Crippen LogP contribution in [0.3, 0.4) is 0 Å². The molecule has 0 atom stereocenters. The van der Waals surface area contributed by atoms with E-state index in [2.05, 4.69) is 46.4 Å². The average Bonchev–Trinajstić information content (AvgIpc) is 2.70. The topological polar surface area (TPSA) is 39.2 Å². The van der Waals surface area contributed by atoms with Gasteiger partial charge < -0.3 is 10.2 Å². The summed E-state index contributed by atoms with van der Waals surface area (Å²) in [6, 6.07) is 2.07. The first kappa shape index (κ1) is 21.5. The lowest BCUT2D eigenvalue weighted by atomic mass is 10.1. The summed E-state index contributed by atoms with van der Waals surface area (Å²) in [6.07, 6.45) is 1.82. The zero-order valence-corrected chi connectivity index (χ0v) is 13.3. The molecule has 0 amide bonds. The minimum absolute atomic E-state index is 0.586. The molecule has 1 aromatic rings. The Morgan fingerprint density at radius 2 is 1.35 bits per heavy atom. The van der Waals surface area contributed by atoms with Crippen molar-refractivity contribution in [1.82, 2.24) is 0 Å². The molecule has 2 nitrogen and oxygen atoms in total. The van der Waals surface area contributed by atoms with Gasteiger partial charge in [0.05, 0.1) is 6.26 Å². The second kappa shape index (κ2) is 15.2. The van der Waals surface area contributed by atoms with E-state index in [0.29, 0.717) is 5.92 Å². The lowest BCUT2D eigenvalue weighted by Crippen LogP contribution is -1.79. The Morgan fingerprint density at radius 3 is 1.47 bits per heavy atom. The van der Waals surface area contributed by atoms with Crippen molar-refractivity contribution in [3.05, 3.63) is 23.7 Å². The lowest BCUT2D eigenvalue weighted by Gasteiger charge is -1.94. The van der Waals surface area contributed by atoms with E-state index in [9.17, 15) is 0 Å². The Hall–Kier alpha value is -0.760. The molecule has 2 heteroatoms. The zero-order chi connectivity index (χ0) is 14.4. The van der Waals surface area contributed by atoms with Gasteiger partial charge in [-0.05, 0) is 37.4 Å². The highest BCUT2D eigenvalue weighted by Gasteiger charge is 2.00. The number of furan rings is 1. The van der Waals surface area contributed by atoms with Crippen LogP contribution < -0.4 is 5.73 Å². The van der Waals surface area contributed by atoms with Gasteiger partial charge in [0, 0.05) is 0 Å². The molecule has 0 bridgehead atoms. The van der Waals surface area contributed by atoms with Crippen LogP contribution in [0, 0.1) is 12.8 Å². The first-order valence-corrected chi connectivity index (χ1v) is 6.56. The molecule has 0 aromatic carbocycles. The van der Waals surface area contributed by atoms with E-state index in [1.54, 1.807) is 0 Å². The number of aryl methyl sites for hydroxylation is 1. The van der Waals surface area contributed by atoms with Crippen LogP contribution in [0.4, 0.5) is 0 Å². The molecule has 0 aliphatic rings. The molecule has 0 spiro atoms. The maximum Gasteiger partial charge on any atom is 0.100 e. The molecular weight excluding hydrogens is 210 g/mol. The SMILES string of the molecule is CC.CC(C)C.CN.Cc1cc(C(C)C)co1. The van der Waals surface area contributed by atoms with Gasteiger partial charge in [0.1, 0.15) is 5.76 Å². The van der Waals surface area contributed by atoms with Crippen LogP contribution in [0.25, 0.3) is 0 Å². The summed E-state index contributed by atoms with van der Waals surface area (Å²) >= 11 is 0. The van der Waals surface area contributed by atoms with E-state index < -0.39 is 0 Å². The van der Waals surface area contributed by atoms with Crippen molar-refractivity contribution in [2.75, 3.05) is 7.05 Å². The predicted octanol–water partition coefficient (Wildman–Crippen LogP) is 4.97. The minimum atomic E-state index is 0.586. The zero-order valence-electron chi connectivity index (χ0n) is 13.3. The fourth-order valence-corrected chi connectivity index (χ4v) is 0.766. The van der Waals surface area contributed by atoms with Crippen molar-refractivity contribution in [3.63, 3.8) is 0 Å². The maximum absolute atomic E-state index is 5.13. The van der Waals surface area contributed by atoms with Gasteiger partial charge in [-0.1, -0.05) is 48.5 Å². The van der Waals surface area contributed by atoms with Gasteiger partial charge in [-0.15, -0.1) is 0 Å². The van der Waals surface area contributed by atoms with Crippen molar-refractivity contribution in [3.8, 4) is 0 Å². The Morgan fingerprint density at radius 1 is 1.00 bits per heavy atom. The third-order valence-corrected chi connectivity index (χ3v) is 1.42. The molecular formula is C15H33NO. The molecule has 1 heterocycles. The minimum Gasteiger partial charge on any atom is -0.469 e. The molecule has 0 saturated carbocycles. The molecule has 0 unspecified atom stereocenters. The monoisotopic (exact) mass is 243 g/mol. The number of nitrogens with two attached hydrogens (primary N) is 1. The Kier molecular flexibility index (Phi) is 19.3. The van der Waals surface area contributed by atoms with Gasteiger partial charge >= 0.3 is 0 Å². The molecule has 0 fully saturated rings. The molecule has 0 saturated heterocycles. The molecule has 17 heavy (non-hydrogen) atoms. The first-order chi connectivity index (χ1) is 7.93. The smallest absolute Gasteiger partial charge is 0.100 e. The largest absolute Gasteiger partial charge is 0.469 e. The molecule has 0 aliphatic heterocycles. The van der Waals surface area contributed by atoms with Gasteiger partial charge in [-0.2, -0.15) is 0 Å². The summed E-state index contributed by atoms with van der Waals surface area (Å²) in [6.45, 7) is 16.8. The average molecular weight is 243 g/mol. The summed E-state index contributed by atoms with van der Waals surface area (Å²) in [5, 5.41) is 0. The fraction of sp³-hybridized carbons (Fsp3) is 0.733. The van der Waals surface area contributed by atoms with Crippen LogP contribution in [0.2, 0.25) is 0 Å². The summed E-state index contributed by atoms with van der Waals surface area (Å²) in [5.41, 5.74) is 5.78. The van der Waals surface area contributed by atoms with E-state index >= 15 is 0 Å². The van der Waals surface area contributed by atoms with E-state index in [-0.39, 0.29) is 0 Å². The lowest BCUT2D eigenvalue weighted by molar-refractivity contribution is 0.530. The Balaban J connectivity index is -0.000000208. The van der Waals surface area contributed by atoms with E-state index in [1.807, 2.05) is 27.0 Å². The summed E-state index contributed by atoms with van der Waals surface area (Å²) in [4.78, 5) is 0. The van der Waals surface area contributed by atoms with E-state index in [0.717, 1.165) is 11.7 Å². The normalized spacial score (nSPS) is 8.47. The molecule has 0 radical (unpaired) electrons. The van der Waals surface area contributed by atoms with Crippen LogP contribution in [0.5, 0.6) is 0 Å². The second-order valence-corrected chi connectivity index (χ2v) is 4.38. The highest BCUT2D eigenvalue weighted by atomic mass is 16.3. The predicted molar refractivity (Wildman–Crippen MR) is 79.5 cm³/mol. The molecule has 1 rings (SSSR count). The van der Waals surface area contributed by atoms with Crippen LogP contribution in [-0.4, -0.2) is 7.05 Å². The van der Waals surface area contributed by atoms with E-state index in [4.69, 9.17) is 4.42 Å². The maximum atomic E-state index is 5.13. The highest BCUT2D eigenvalue weighted by molar-refractivity contribution is 5.14. The summed E-state index contributed by atoms with van der Waals surface area (Å²) in [5.74, 6) is 2.42. The number of hydrogen-bond donors (Lipinski definition) is 1. The van der Waals surface area contributed by atoms with Crippen molar-refractivity contribution in [1.29, 1.82) is 0 Å². The summed E-state index contributed by atoms with van der Waals surface area (Å²) in [7, 11) is 1.50. The number of hydrogen-bond acceptors (Lipinski definition) is 2. The molecule has 2 N–H and O–H groups in total. The van der Waals surface area contributed by atoms with Crippen molar-refractivity contribution >= 4 is 0 Å². The van der Waals surface area contributed by atoms with Gasteiger partial charge in [-0.3, -0.25) is 0 Å². The standard InChI is InChI=1S/C8H12O.C4H10.C2H6.CH5N/c1-6(2)8-4-7(3)9-5-8;1-4(2)3;2*1-2/h4-6H,1-3H3;4H,1-3H3;1-2H3;2H2,1H3. The fourth-order valence-electron chi connectivity index (χ4n) is 0.766. The van der Waals surface area contributed by atoms with E-state index in [1.165, 1.54) is 12.6 Å². The van der Waals surface area contributed by atoms with Crippen LogP contribution >= 0.6 is 0 Å². The summed E-state index contributed by atoms with van der Waals surface area (Å²) < 4.78 is 5.13. The molecule has 0 aliphatic carbocycles. The van der Waals surface area contributed by atoms with Gasteiger partial charge in [0.2, 0.25) is 0 Å². The number of rotatable bonds is 1. The van der Waals surface area contributed by atoms with Crippen molar-refractivity contribution in [2.24, 2.45) is 11.7 Å². The molecule has 1 aromatic heterocycles. The van der Waals surface area contributed by atoms with Gasteiger partial charge in [0.25, 0.3) is 0 Å². The third-order valence-electron chi connectivity index (χ3n) is 1.42. The van der Waals surface area contributed by atoms with Crippen molar-refractivity contribution < 1.29 is 4.42 Å². The third kappa shape index (κ3) is 17.8. The van der Waals surface area contributed by atoms with Crippen LogP contribution in [0.1, 0.15) is 65.7 Å².